The summed E-state index contributed by atoms with van der Waals surface area (Å²) in [6, 6.07) is 0.165. The monoisotopic (exact) mass is 311 g/mol. The Morgan fingerprint density at radius 1 is 1.43 bits per heavy atom. The van der Waals surface area contributed by atoms with Crippen LogP contribution in [0.15, 0.2) is 30.3 Å². The Labute approximate surface area is 131 Å². The molecule has 0 bridgehead atoms. The first kappa shape index (κ1) is 17.9. The summed E-state index contributed by atoms with van der Waals surface area (Å²) in [6.45, 7) is 8.66. The molecule has 21 heavy (non-hydrogen) atoms. The van der Waals surface area contributed by atoms with Crippen LogP contribution in [0.2, 0.25) is 0 Å². The lowest BCUT2D eigenvalue weighted by atomic mass is 9.64. The molecule has 4 atom stereocenters. The van der Waals surface area contributed by atoms with Crippen LogP contribution in [0.4, 0.5) is 0 Å². The topological polar surface area (TPSA) is 57.9 Å². The number of thioether (sulfide) groups is 1. The summed E-state index contributed by atoms with van der Waals surface area (Å²) in [6.07, 6.45) is 5.48. The van der Waals surface area contributed by atoms with Crippen molar-refractivity contribution < 1.29 is 9.47 Å². The second kappa shape index (κ2) is 8.36. The van der Waals surface area contributed by atoms with Crippen molar-refractivity contribution in [2.75, 3.05) is 34.4 Å². The molecule has 0 heterocycles. The summed E-state index contributed by atoms with van der Waals surface area (Å²) in [5, 5.41) is 7.51. The summed E-state index contributed by atoms with van der Waals surface area (Å²) in [5.74, 6) is 0.111. The molecule has 0 spiro atoms. The van der Waals surface area contributed by atoms with Crippen LogP contribution in [0, 0.1) is 11.3 Å². The van der Waals surface area contributed by atoms with Crippen molar-refractivity contribution in [3.63, 3.8) is 0 Å². The van der Waals surface area contributed by atoms with E-state index in [1.165, 1.54) is 17.3 Å². The number of hydrogen-bond acceptors (Lipinski definition) is 5. The molecule has 1 saturated carbocycles. The number of methoxy groups -OCH3 is 2. The number of nitrogens with one attached hydrogen (secondary N) is 1. The van der Waals surface area contributed by atoms with Crippen LogP contribution in [0.25, 0.3) is 0 Å². The lowest BCUT2D eigenvalue weighted by Crippen LogP contribution is -2.74. The van der Waals surface area contributed by atoms with Gasteiger partial charge < -0.3 is 19.8 Å². The normalized spacial score (nSPS) is 31.7. The Morgan fingerprint density at radius 2 is 2.14 bits per heavy atom. The molecule has 0 amide bonds. The molecular weight excluding hydrogens is 286 g/mol. The summed E-state index contributed by atoms with van der Waals surface area (Å²) in [5.41, 5.74) is 0.902. The van der Waals surface area contributed by atoms with E-state index in [9.17, 15) is 0 Å². The Kier molecular flexibility index (Phi) is 7.14. The summed E-state index contributed by atoms with van der Waals surface area (Å²) in [7, 11) is 5.34. The molecule has 0 radical (unpaired) electrons. The number of rotatable bonds is 10. The smallest absolute Gasteiger partial charge is 0.113 e. The van der Waals surface area contributed by atoms with E-state index in [1.807, 2.05) is 19.5 Å². The van der Waals surface area contributed by atoms with Crippen molar-refractivity contribution in [2.45, 2.75) is 16.9 Å². The van der Waals surface area contributed by atoms with Crippen LogP contribution in [0.5, 0.6) is 0 Å². The van der Waals surface area contributed by atoms with Gasteiger partial charge in [0.25, 0.3) is 0 Å². The minimum Gasteiger partial charge on any atom is -0.382 e. The Bertz CT molecular complexity index is 402. The van der Waals surface area contributed by atoms with Crippen LogP contribution >= 0.6 is 11.8 Å². The highest BCUT2D eigenvalue weighted by atomic mass is 32.2. The van der Waals surface area contributed by atoms with Crippen LogP contribution < -0.4 is 0 Å². The molecule has 1 rings (SSSR count). The largest absolute Gasteiger partial charge is 0.382 e. The first-order valence-electron chi connectivity index (χ1n) is 6.76. The molecule has 0 saturated heterocycles. The molecule has 4 unspecified atom stereocenters. The Balaban J connectivity index is 2.98. The molecule has 5 nitrogen and oxygen atoms in total. The fourth-order valence-electron chi connectivity index (χ4n) is 2.95. The number of nitrogens with zero attached hydrogens (tertiary/aromatic N) is 2. The first-order chi connectivity index (χ1) is 10.1. The second-order valence-electron chi connectivity index (χ2n) is 4.95. The van der Waals surface area contributed by atoms with Gasteiger partial charge in [-0.25, -0.2) is 0 Å². The standard InChI is InChI=1S/C15H25N3O2S/c1-6-8-17-11-18(3)13-12(7-2)15(20-5,9-19-4)14(13)21-10-16/h6-7,10-14,16H,1-2,8-9H2,3-5H3/b16-10?,17-11-. The predicted octanol–water partition coefficient (Wildman–Crippen LogP) is 2.06. The zero-order valence-electron chi connectivity index (χ0n) is 13.0. The second-order valence-corrected chi connectivity index (χ2v) is 5.97. The zero-order chi connectivity index (χ0) is 15.9. The van der Waals surface area contributed by atoms with Gasteiger partial charge in [0.05, 0.1) is 36.3 Å². The summed E-state index contributed by atoms with van der Waals surface area (Å²) < 4.78 is 11.1. The lowest BCUT2D eigenvalue weighted by molar-refractivity contribution is -0.163. The van der Waals surface area contributed by atoms with Gasteiger partial charge in [0.1, 0.15) is 5.60 Å². The van der Waals surface area contributed by atoms with Crippen LogP contribution in [-0.2, 0) is 9.47 Å². The highest BCUT2D eigenvalue weighted by molar-refractivity contribution is 8.12. The van der Waals surface area contributed by atoms with E-state index < -0.39 is 5.60 Å². The fourth-order valence-corrected chi connectivity index (χ4v) is 4.18. The van der Waals surface area contributed by atoms with Crippen molar-refractivity contribution in [1.29, 1.82) is 5.41 Å². The van der Waals surface area contributed by atoms with Gasteiger partial charge in [-0.05, 0) is 0 Å². The quantitative estimate of drug-likeness (QED) is 0.381. The van der Waals surface area contributed by atoms with Gasteiger partial charge >= 0.3 is 0 Å². The van der Waals surface area contributed by atoms with Gasteiger partial charge in [-0.1, -0.05) is 12.2 Å². The van der Waals surface area contributed by atoms with E-state index in [1.54, 1.807) is 20.3 Å². The molecule has 0 aliphatic heterocycles. The van der Waals surface area contributed by atoms with Crippen LogP contribution in [-0.4, -0.2) is 68.1 Å². The minimum atomic E-state index is -0.454. The van der Waals surface area contributed by atoms with Crippen molar-refractivity contribution in [3.05, 3.63) is 25.3 Å². The molecule has 0 aromatic carbocycles. The molecule has 1 fully saturated rings. The average Bonchev–Trinajstić information content (AvgIpc) is 2.48. The molecule has 0 aromatic rings. The van der Waals surface area contributed by atoms with E-state index in [-0.39, 0.29) is 17.2 Å². The Morgan fingerprint density at radius 3 is 2.62 bits per heavy atom. The maximum atomic E-state index is 7.43. The van der Waals surface area contributed by atoms with Crippen molar-refractivity contribution in [3.8, 4) is 0 Å². The van der Waals surface area contributed by atoms with Gasteiger partial charge in [-0.2, -0.15) is 0 Å². The van der Waals surface area contributed by atoms with E-state index in [2.05, 4.69) is 23.1 Å². The first-order valence-corrected chi connectivity index (χ1v) is 7.71. The maximum Gasteiger partial charge on any atom is 0.113 e. The van der Waals surface area contributed by atoms with Gasteiger partial charge in [-0.15, -0.1) is 24.9 Å². The minimum absolute atomic E-state index is 0.0862. The van der Waals surface area contributed by atoms with Crippen molar-refractivity contribution in [1.82, 2.24) is 4.90 Å². The van der Waals surface area contributed by atoms with Crippen molar-refractivity contribution >= 4 is 23.6 Å². The number of aliphatic imine (C=N–C) groups is 1. The van der Waals surface area contributed by atoms with E-state index in [4.69, 9.17) is 14.9 Å². The fraction of sp³-hybridized carbons (Fsp3) is 0.600. The lowest BCUT2D eigenvalue weighted by Gasteiger charge is -2.60. The van der Waals surface area contributed by atoms with E-state index in [0.29, 0.717) is 13.2 Å². The molecule has 6 heteroatoms. The molecule has 1 N–H and O–H groups in total. The molecule has 1 aliphatic carbocycles. The van der Waals surface area contributed by atoms with Crippen molar-refractivity contribution in [2.24, 2.45) is 10.9 Å². The van der Waals surface area contributed by atoms with Crippen LogP contribution in [0.1, 0.15) is 0 Å². The molecule has 0 aromatic heterocycles. The van der Waals surface area contributed by atoms with Gasteiger partial charge in [0.2, 0.25) is 0 Å². The number of hydrogen-bond donors (Lipinski definition) is 1. The van der Waals surface area contributed by atoms with Gasteiger partial charge in [0.15, 0.2) is 0 Å². The molecule has 118 valence electrons. The van der Waals surface area contributed by atoms with Gasteiger partial charge in [-0.3, -0.25) is 4.99 Å². The third-order valence-electron chi connectivity index (χ3n) is 3.91. The van der Waals surface area contributed by atoms with Gasteiger partial charge in [0, 0.05) is 27.2 Å². The third kappa shape index (κ3) is 3.39. The number of ether oxygens (including phenoxy) is 2. The van der Waals surface area contributed by atoms with E-state index >= 15 is 0 Å². The third-order valence-corrected chi connectivity index (χ3v) is 5.02. The summed E-state index contributed by atoms with van der Waals surface area (Å²) >= 11 is 1.45. The SMILES string of the molecule is C=CC/N=C\N(C)C1C(C=C)C(COC)(OC)C1SC=N. The summed E-state index contributed by atoms with van der Waals surface area (Å²) in [4.78, 5) is 6.35. The maximum absolute atomic E-state index is 7.43. The molecular formula is C15H25N3O2S. The predicted molar refractivity (Wildman–Crippen MR) is 90.6 cm³/mol. The average molecular weight is 311 g/mol. The Hall–Kier alpha value is -1.11. The highest BCUT2D eigenvalue weighted by Gasteiger charge is 2.63. The van der Waals surface area contributed by atoms with Crippen LogP contribution in [0.3, 0.4) is 0 Å². The van der Waals surface area contributed by atoms with E-state index in [0.717, 1.165) is 0 Å². The zero-order valence-corrected chi connectivity index (χ0v) is 13.8. The highest BCUT2D eigenvalue weighted by Crippen LogP contribution is 2.50. The molecule has 1 aliphatic rings.